The van der Waals surface area contributed by atoms with E-state index in [1.54, 1.807) is 0 Å². The van der Waals surface area contributed by atoms with Crippen LogP contribution in [-0.4, -0.2) is 86.0 Å². The molecule has 0 saturated heterocycles. The highest BCUT2D eigenvalue weighted by atomic mass is 16.2. The van der Waals surface area contributed by atoms with Crippen molar-refractivity contribution < 1.29 is 19.2 Å². The van der Waals surface area contributed by atoms with E-state index in [1.165, 1.54) is 205 Å². The molecule has 0 aromatic heterocycles. The molecule has 0 radical (unpaired) electrons. The van der Waals surface area contributed by atoms with Gasteiger partial charge in [0.2, 0.25) is 23.6 Å². The number of hydrogen-bond donors (Lipinski definition) is 4. The minimum atomic E-state index is 0.00903. The number of unbranched alkanes of at least 4 members (excludes halogenated alkanes) is 36. The molecule has 0 aliphatic heterocycles. The van der Waals surface area contributed by atoms with Gasteiger partial charge in [0.25, 0.3) is 0 Å². The Hall–Kier alpha value is -2.20. The monoisotopic (exact) mass is 989 g/mol. The highest BCUT2D eigenvalue weighted by molar-refractivity contribution is 5.77. The maximum Gasteiger partial charge on any atom is 0.221 e. The summed E-state index contributed by atoms with van der Waals surface area (Å²) in [6.07, 6.45) is 51.5. The summed E-state index contributed by atoms with van der Waals surface area (Å²) in [5, 5.41) is 16.7. The third-order valence-electron chi connectivity index (χ3n) is 14.2. The zero-order valence-electron chi connectivity index (χ0n) is 47.3. The molecule has 0 aliphatic carbocycles. The van der Waals surface area contributed by atoms with Gasteiger partial charge in [-0.1, -0.05) is 259 Å². The van der Waals surface area contributed by atoms with Gasteiger partial charge in [-0.05, 0) is 25.7 Å². The second kappa shape index (κ2) is 56.1. The molecule has 10 nitrogen and oxygen atoms in total. The van der Waals surface area contributed by atoms with E-state index in [9.17, 15) is 19.2 Å². The smallest absolute Gasteiger partial charge is 0.221 e. The normalized spacial score (nSPS) is 11.5. The molecule has 0 fully saturated rings. The highest BCUT2D eigenvalue weighted by Crippen LogP contribution is 2.14. The predicted molar refractivity (Wildman–Crippen MR) is 301 cm³/mol. The fraction of sp³-hybridized carbons (Fsp3) is 0.933. The number of carbonyl (C=O) groups excluding carboxylic acids is 4. The summed E-state index contributed by atoms with van der Waals surface area (Å²) in [6.45, 7) is 13.5. The van der Waals surface area contributed by atoms with Crippen LogP contribution in [0, 0.1) is 0 Å². The average Bonchev–Trinajstić information content (AvgIpc) is 3.36. The fourth-order valence-corrected chi connectivity index (χ4v) is 9.43. The minimum Gasteiger partial charge on any atom is -0.356 e. The highest BCUT2D eigenvalue weighted by Gasteiger charge is 2.20. The Morgan fingerprint density at radius 3 is 0.529 bits per heavy atom. The van der Waals surface area contributed by atoms with E-state index in [2.05, 4.69) is 59.0 Å². The predicted octanol–water partition coefficient (Wildman–Crippen LogP) is 15.2. The number of rotatable bonds is 57. The van der Waals surface area contributed by atoms with Gasteiger partial charge in [0.1, 0.15) is 0 Å². The lowest BCUT2D eigenvalue weighted by atomic mass is 10.1. The Morgan fingerprint density at radius 1 is 0.229 bits per heavy atom. The maximum absolute atomic E-state index is 13.2. The molecule has 4 N–H and O–H groups in total. The summed E-state index contributed by atoms with van der Waals surface area (Å²) in [4.78, 5) is 52.9. The molecule has 70 heavy (non-hydrogen) atoms. The van der Waals surface area contributed by atoms with Gasteiger partial charge < -0.3 is 21.3 Å². The quantitative estimate of drug-likeness (QED) is 0.0356. The molecule has 0 heterocycles. The van der Waals surface area contributed by atoms with E-state index in [-0.39, 0.29) is 23.6 Å². The molecule has 0 saturated carbocycles. The van der Waals surface area contributed by atoms with Crippen molar-refractivity contribution in [3.05, 3.63) is 0 Å². The molecule has 0 rings (SSSR count). The SMILES string of the molecule is CCCCCCCCCCCCNC(=O)CCN(CCC(=O)NCCCCCCCCCCCC)N(CCC(=O)NCCCCCCCCCCCC)CCC(=O)NCCCCCCCCCCCC. The van der Waals surface area contributed by atoms with E-state index in [0.717, 1.165) is 51.4 Å². The van der Waals surface area contributed by atoms with Gasteiger partial charge in [0, 0.05) is 78.0 Å². The van der Waals surface area contributed by atoms with Crippen molar-refractivity contribution >= 4 is 23.6 Å². The van der Waals surface area contributed by atoms with Crippen LogP contribution in [0.2, 0.25) is 0 Å². The van der Waals surface area contributed by atoms with Crippen LogP contribution in [0.25, 0.3) is 0 Å². The Labute approximate surface area is 435 Å². The standard InChI is InChI=1S/C60H120N6O4/c1-5-9-13-17-21-25-29-33-37-41-49-61-57(67)45-53-65(54-46-58(68)62-50-42-38-34-30-26-22-18-14-10-6-2)66(55-47-59(69)63-51-43-39-35-31-27-23-19-15-11-7-3)56-48-60(70)64-52-44-40-36-32-28-24-20-16-12-8-4/h5-56H2,1-4H3,(H,61,67)(H,62,68)(H,63,69)(H,64,70). The third-order valence-corrected chi connectivity index (χ3v) is 14.2. The molecule has 0 aromatic rings. The molecule has 0 atom stereocenters. The van der Waals surface area contributed by atoms with Crippen molar-refractivity contribution in [1.29, 1.82) is 0 Å². The molecular weight excluding hydrogens is 869 g/mol. The number of hydrazine groups is 1. The van der Waals surface area contributed by atoms with Crippen molar-refractivity contribution in [2.75, 3.05) is 52.4 Å². The van der Waals surface area contributed by atoms with E-state index in [1.807, 2.05) is 0 Å². The van der Waals surface area contributed by atoms with Crippen molar-refractivity contribution in [2.45, 2.75) is 310 Å². The zero-order valence-corrected chi connectivity index (χ0v) is 47.3. The van der Waals surface area contributed by atoms with Crippen LogP contribution in [0.3, 0.4) is 0 Å². The first-order chi connectivity index (χ1) is 34.4. The zero-order chi connectivity index (χ0) is 51.1. The molecule has 0 spiro atoms. The minimum absolute atomic E-state index is 0.00903. The van der Waals surface area contributed by atoms with Crippen LogP contribution >= 0.6 is 0 Å². The summed E-state index contributed by atoms with van der Waals surface area (Å²) in [5.74, 6) is 0.0361. The second-order valence-corrected chi connectivity index (χ2v) is 21.0. The number of nitrogens with zero attached hydrogens (tertiary/aromatic N) is 2. The van der Waals surface area contributed by atoms with E-state index in [0.29, 0.717) is 78.0 Å². The molecule has 4 amide bonds. The summed E-state index contributed by atoms with van der Waals surface area (Å²) in [6, 6.07) is 0. The lowest BCUT2D eigenvalue weighted by molar-refractivity contribution is -0.129. The first kappa shape index (κ1) is 67.8. The molecule has 10 heteroatoms. The van der Waals surface area contributed by atoms with Crippen molar-refractivity contribution in [2.24, 2.45) is 0 Å². The number of carbonyl (C=O) groups is 4. The van der Waals surface area contributed by atoms with Crippen molar-refractivity contribution in [1.82, 2.24) is 31.3 Å². The van der Waals surface area contributed by atoms with Crippen LogP contribution in [0.1, 0.15) is 310 Å². The van der Waals surface area contributed by atoms with E-state index in [4.69, 9.17) is 0 Å². The summed E-state index contributed by atoms with van der Waals surface area (Å²) >= 11 is 0. The summed E-state index contributed by atoms with van der Waals surface area (Å²) < 4.78 is 0. The molecule has 0 bridgehead atoms. The molecule has 0 aliphatic rings. The Bertz CT molecular complexity index is 970. The lowest BCUT2D eigenvalue weighted by Crippen LogP contribution is -2.48. The van der Waals surface area contributed by atoms with Gasteiger partial charge in [-0.15, -0.1) is 0 Å². The second-order valence-electron chi connectivity index (χ2n) is 21.0. The van der Waals surface area contributed by atoms with Crippen LogP contribution in [0.5, 0.6) is 0 Å². The van der Waals surface area contributed by atoms with Gasteiger partial charge in [-0.25, -0.2) is 10.0 Å². The van der Waals surface area contributed by atoms with Gasteiger partial charge in [0.05, 0.1) is 0 Å². The van der Waals surface area contributed by atoms with Crippen LogP contribution in [-0.2, 0) is 19.2 Å². The van der Waals surface area contributed by atoms with Gasteiger partial charge in [-0.2, -0.15) is 0 Å². The first-order valence-corrected chi connectivity index (χ1v) is 30.9. The maximum atomic E-state index is 13.2. The molecular formula is C60H120N6O4. The summed E-state index contributed by atoms with van der Waals surface area (Å²) in [5.41, 5.74) is 0. The van der Waals surface area contributed by atoms with Gasteiger partial charge in [-0.3, -0.25) is 19.2 Å². The van der Waals surface area contributed by atoms with Crippen LogP contribution in [0.15, 0.2) is 0 Å². The summed E-state index contributed by atoms with van der Waals surface area (Å²) in [7, 11) is 0. The topological polar surface area (TPSA) is 123 Å². The molecule has 0 unspecified atom stereocenters. The number of nitrogens with one attached hydrogen (secondary N) is 4. The molecule has 0 aromatic carbocycles. The van der Waals surface area contributed by atoms with Crippen molar-refractivity contribution in [3.63, 3.8) is 0 Å². The van der Waals surface area contributed by atoms with E-state index < -0.39 is 0 Å². The number of amides is 4. The lowest BCUT2D eigenvalue weighted by Gasteiger charge is -2.35. The van der Waals surface area contributed by atoms with Crippen LogP contribution < -0.4 is 21.3 Å². The van der Waals surface area contributed by atoms with Gasteiger partial charge >= 0.3 is 0 Å². The van der Waals surface area contributed by atoms with Crippen molar-refractivity contribution in [3.8, 4) is 0 Å². The van der Waals surface area contributed by atoms with Gasteiger partial charge in [0.15, 0.2) is 0 Å². The van der Waals surface area contributed by atoms with Crippen LogP contribution in [0.4, 0.5) is 0 Å². The third kappa shape index (κ3) is 50.7. The number of hydrogen-bond acceptors (Lipinski definition) is 6. The fourth-order valence-electron chi connectivity index (χ4n) is 9.43. The largest absolute Gasteiger partial charge is 0.356 e. The Balaban J connectivity index is 5.36. The average molecular weight is 990 g/mol. The Morgan fingerprint density at radius 2 is 0.371 bits per heavy atom. The first-order valence-electron chi connectivity index (χ1n) is 30.9. The Kier molecular flexibility index (Phi) is 54.3. The van der Waals surface area contributed by atoms with E-state index >= 15 is 0 Å². The molecule has 414 valence electrons.